The van der Waals surface area contributed by atoms with Crippen LogP contribution in [-0.2, 0) is 9.59 Å². The summed E-state index contributed by atoms with van der Waals surface area (Å²) in [5.74, 6) is 3.43. The summed E-state index contributed by atoms with van der Waals surface area (Å²) in [6, 6.07) is 9.60. The van der Waals surface area contributed by atoms with Crippen LogP contribution in [0.25, 0.3) is 11.4 Å². The van der Waals surface area contributed by atoms with Crippen LogP contribution in [0.2, 0.25) is 0 Å². The summed E-state index contributed by atoms with van der Waals surface area (Å²) in [6.07, 6.45) is 17.5. The average Bonchev–Trinajstić information content (AvgIpc) is 3.63. The minimum atomic E-state index is -0.443. The highest BCUT2D eigenvalue weighted by Gasteiger charge is 2.26. The maximum absolute atomic E-state index is 13.5. The van der Waals surface area contributed by atoms with Gasteiger partial charge in [0.15, 0.2) is 17.5 Å². The number of carbonyl (C=O) groups excluding carboxylic acids is 2. The van der Waals surface area contributed by atoms with Crippen molar-refractivity contribution in [3.63, 3.8) is 0 Å². The van der Waals surface area contributed by atoms with Crippen molar-refractivity contribution in [1.82, 2.24) is 35.5 Å². The third-order valence-corrected chi connectivity index (χ3v) is 9.58. The van der Waals surface area contributed by atoms with E-state index in [0.29, 0.717) is 23.9 Å². The van der Waals surface area contributed by atoms with E-state index in [4.69, 9.17) is 11.2 Å². The van der Waals surface area contributed by atoms with Crippen molar-refractivity contribution in [2.24, 2.45) is 16.9 Å². The van der Waals surface area contributed by atoms with E-state index in [-0.39, 0.29) is 17.6 Å². The Labute approximate surface area is 332 Å². The second-order valence-electron chi connectivity index (χ2n) is 12.9. The number of piperazine rings is 1. The molecule has 2 N–H and O–H groups in total. The predicted molar refractivity (Wildman–Crippen MR) is 223 cm³/mol. The van der Waals surface area contributed by atoms with Crippen molar-refractivity contribution >= 4 is 24.1 Å². The summed E-state index contributed by atoms with van der Waals surface area (Å²) in [6.45, 7) is 19.5. The van der Waals surface area contributed by atoms with Crippen molar-refractivity contribution in [3.05, 3.63) is 95.9 Å². The first-order valence-electron chi connectivity index (χ1n) is 19.1. The number of piperidine rings is 1. The first-order chi connectivity index (χ1) is 27.2. The summed E-state index contributed by atoms with van der Waals surface area (Å²) >= 11 is 0. The zero-order valence-corrected chi connectivity index (χ0v) is 34.1. The molecule has 56 heavy (non-hydrogen) atoms. The lowest BCUT2D eigenvalue weighted by molar-refractivity contribution is -0.133. The Morgan fingerprint density at radius 1 is 1.00 bits per heavy atom. The van der Waals surface area contributed by atoms with Crippen LogP contribution in [0.4, 0.5) is 14.5 Å². The van der Waals surface area contributed by atoms with Crippen molar-refractivity contribution in [2.45, 2.75) is 60.8 Å². The molecular formula is C43H59F2N9O2. The summed E-state index contributed by atoms with van der Waals surface area (Å²) in [5.41, 5.74) is 8.31. The third kappa shape index (κ3) is 14.3. The number of benzene rings is 1. The lowest BCUT2D eigenvalue weighted by Crippen LogP contribution is -2.52. The first-order valence-corrected chi connectivity index (χ1v) is 19.1. The molecule has 3 aliphatic heterocycles. The Bertz CT molecular complexity index is 1740. The van der Waals surface area contributed by atoms with Crippen molar-refractivity contribution in [1.29, 1.82) is 0 Å². The van der Waals surface area contributed by atoms with Gasteiger partial charge in [-0.15, -0.1) is 12.3 Å². The van der Waals surface area contributed by atoms with Crippen LogP contribution in [0.15, 0.2) is 83.8 Å². The summed E-state index contributed by atoms with van der Waals surface area (Å²) in [4.78, 5) is 39.0. The van der Waals surface area contributed by atoms with E-state index in [1.54, 1.807) is 12.3 Å². The number of nitrogens with one attached hydrogen (secondary N) is 2. The van der Waals surface area contributed by atoms with Crippen LogP contribution in [0, 0.1) is 35.8 Å². The van der Waals surface area contributed by atoms with Gasteiger partial charge >= 0.3 is 0 Å². The molecule has 0 radical (unpaired) electrons. The molecule has 0 spiro atoms. The Morgan fingerprint density at radius 3 is 2.12 bits per heavy atom. The van der Waals surface area contributed by atoms with Gasteiger partial charge in [0, 0.05) is 80.0 Å². The van der Waals surface area contributed by atoms with Gasteiger partial charge in [-0.3, -0.25) is 20.1 Å². The van der Waals surface area contributed by atoms with Crippen molar-refractivity contribution in [3.8, 4) is 23.7 Å². The van der Waals surface area contributed by atoms with E-state index in [0.717, 1.165) is 81.2 Å². The highest BCUT2D eigenvalue weighted by Crippen LogP contribution is 2.24. The SMILES string of the molecule is C#CCC1CCN(CC(=O)N2CCN(c3ccc(-c4ncc(F)cn4)cc3)CC2)CC1.C/C=C(\C)NC.C/C=C1/NN=C(c2ccncc2F)C1C.C=O.CC. The minimum Gasteiger partial charge on any atom is -0.392 e. The highest BCUT2D eigenvalue weighted by molar-refractivity contribution is 6.04. The van der Waals surface area contributed by atoms with Gasteiger partial charge in [0.2, 0.25) is 5.91 Å². The number of rotatable bonds is 7. The van der Waals surface area contributed by atoms with E-state index in [9.17, 15) is 13.6 Å². The second kappa shape index (κ2) is 25.6. The fourth-order valence-corrected chi connectivity index (χ4v) is 6.10. The summed E-state index contributed by atoms with van der Waals surface area (Å²) in [7, 11) is 1.91. The van der Waals surface area contributed by atoms with Gasteiger partial charge in [0.1, 0.15) is 6.79 Å². The number of likely N-dealkylation sites (tertiary alicyclic amines) is 1. The molecule has 1 aromatic carbocycles. The Morgan fingerprint density at radius 2 is 1.62 bits per heavy atom. The number of allylic oxidation sites excluding steroid dienone is 4. The average molecular weight is 772 g/mol. The molecule has 3 aromatic rings. The molecule has 2 aromatic heterocycles. The smallest absolute Gasteiger partial charge is 0.236 e. The maximum atomic E-state index is 13.5. The van der Waals surface area contributed by atoms with Gasteiger partial charge < -0.3 is 19.9 Å². The van der Waals surface area contributed by atoms with E-state index < -0.39 is 5.82 Å². The number of amides is 1. The molecule has 0 aliphatic carbocycles. The molecule has 0 saturated carbocycles. The number of hydrazone groups is 1. The first kappa shape index (κ1) is 46.7. The normalized spacial score (nSPS) is 17.5. The third-order valence-electron chi connectivity index (χ3n) is 9.58. The lowest BCUT2D eigenvalue weighted by Gasteiger charge is -2.38. The largest absolute Gasteiger partial charge is 0.392 e. The number of anilines is 1. The quantitative estimate of drug-likeness (QED) is 0.253. The fourth-order valence-electron chi connectivity index (χ4n) is 6.10. The van der Waals surface area contributed by atoms with Gasteiger partial charge in [0.25, 0.3) is 0 Å². The van der Waals surface area contributed by atoms with Gasteiger partial charge in [-0.25, -0.2) is 18.7 Å². The Hall–Kier alpha value is -5.48. The molecule has 1 amide bonds. The number of terminal acetylenes is 1. The van der Waals surface area contributed by atoms with E-state index >= 15 is 0 Å². The molecule has 5 heterocycles. The maximum Gasteiger partial charge on any atom is 0.236 e. The topological polar surface area (TPSA) is 119 Å². The van der Waals surface area contributed by atoms with Crippen LogP contribution in [0.3, 0.4) is 0 Å². The van der Waals surface area contributed by atoms with Gasteiger partial charge in [-0.05, 0) is 83.0 Å². The second-order valence-corrected chi connectivity index (χ2v) is 12.9. The van der Waals surface area contributed by atoms with E-state index in [2.05, 4.69) is 46.5 Å². The predicted octanol–water partition coefficient (Wildman–Crippen LogP) is 6.71. The zero-order chi connectivity index (χ0) is 41.5. The molecule has 13 heteroatoms. The van der Waals surface area contributed by atoms with Crippen molar-refractivity contribution in [2.75, 3.05) is 57.8 Å². The number of nitrogens with zero attached hydrogens (tertiary/aromatic N) is 7. The van der Waals surface area contributed by atoms with E-state index in [1.165, 1.54) is 24.3 Å². The van der Waals surface area contributed by atoms with Gasteiger partial charge in [0.05, 0.1) is 30.8 Å². The van der Waals surface area contributed by atoms with Crippen LogP contribution in [-0.4, -0.2) is 96.0 Å². The molecular weight excluding hydrogens is 713 g/mol. The van der Waals surface area contributed by atoms with Gasteiger partial charge in [-0.2, -0.15) is 5.10 Å². The molecule has 302 valence electrons. The standard InChI is InChI=1S/C24H28FN5O.C11H12FN3.C5H11N.C2H6.CH2O/c1-2-3-19-8-10-28(11-9-19)18-23(31)30-14-12-29(13-15-30)22-6-4-20(5-7-22)24-26-16-21(25)17-27-24;1-3-10-7(2)11(15-14-10)8-4-5-13-6-9(8)12;1-4-5(2)6-3;2*1-2/h1,4-7,16-17,19H,3,8-15,18H2;3-7,14H,1-2H3;4,6H,1-3H3;1-2H3;1H2/b;10-3+;5-4+;;. The lowest BCUT2D eigenvalue weighted by atomic mass is 9.94. The van der Waals surface area contributed by atoms with Crippen LogP contribution in [0.1, 0.15) is 66.4 Å². The Kier molecular flexibility index (Phi) is 21.3. The molecule has 0 bridgehead atoms. The summed E-state index contributed by atoms with van der Waals surface area (Å²) < 4.78 is 26.5. The summed E-state index contributed by atoms with van der Waals surface area (Å²) in [5, 5.41) is 7.11. The molecule has 3 aliphatic rings. The van der Waals surface area contributed by atoms with E-state index in [1.807, 2.05) is 96.7 Å². The van der Waals surface area contributed by atoms with Crippen LogP contribution in [0.5, 0.6) is 0 Å². The Balaban J connectivity index is 0.000000359. The van der Waals surface area contributed by atoms with Gasteiger partial charge in [-0.1, -0.05) is 32.9 Å². The monoisotopic (exact) mass is 771 g/mol. The molecule has 6 rings (SSSR count). The van der Waals surface area contributed by atoms with Crippen LogP contribution >= 0.6 is 0 Å². The number of pyridine rings is 1. The number of halogens is 2. The highest BCUT2D eigenvalue weighted by atomic mass is 19.1. The zero-order valence-electron chi connectivity index (χ0n) is 34.1. The molecule has 2 fully saturated rings. The van der Waals surface area contributed by atoms with Crippen molar-refractivity contribution < 1.29 is 18.4 Å². The fraction of sp³-hybridized carbons (Fsp3) is 0.442. The number of carbonyl (C=O) groups is 2. The molecule has 2 saturated heterocycles. The number of aromatic nitrogens is 3. The number of hydrogen-bond acceptors (Lipinski definition) is 10. The molecule has 11 nitrogen and oxygen atoms in total. The molecule has 1 unspecified atom stereocenters. The van der Waals surface area contributed by atoms with Crippen LogP contribution < -0.4 is 15.6 Å². The molecule has 1 atom stereocenters. The number of hydrogen-bond donors (Lipinski definition) is 2. The minimum absolute atomic E-state index is 0.104.